The predicted octanol–water partition coefficient (Wildman–Crippen LogP) is 3.67. The highest BCUT2D eigenvalue weighted by Crippen LogP contribution is 2.22. The fraction of sp³-hybridized carbons (Fsp3) is 0.217. The molecule has 2 aromatic carbocycles. The summed E-state index contributed by atoms with van der Waals surface area (Å²) in [6.07, 6.45) is 1.82. The number of rotatable bonds is 5. The molecule has 1 aromatic heterocycles. The van der Waals surface area contributed by atoms with Gasteiger partial charge in [-0.05, 0) is 36.4 Å². The molecular formula is C23H24N4O2. The molecule has 1 amide bonds. The Kier molecular flexibility index (Phi) is 5.61. The summed E-state index contributed by atoms with van der Waals surface area (Å²) in [6.45, 7) is 3.81. The average molecular weight is 388 g/mol. The molecule has 3 aromatic rings. The highest BCUT2D eigenvalue weighted by molar-refractivity contribution is 6.05. The van der Waals surface area contributed by atoms with E-state index in [4.69, 9.17) is 4.74 Å². The highest BCUT2D eigenvalue weighted by atomic mass is 16.5. The van der Waals surface area contributed by atoms with Gasteiger partial charge in [-0.25, -0.2) is 4.98 Å². The third-order valence-corrected chi connectivity index (χ3v) is 5.11. The van der Waals surface area contributed by atoms with E-state index in [9.17, 15) is 4.79 Å². The molecule has 0 atom stereocenters. The molecule has 0 radical (unpaired) electrons. The zero-order valence-corrected chi connectivity index (χ0v) is 16.4. The van der Waals surface area contributed by atoms with Crippen molar-refractivity contribution in [1.29, 1.82) is 0 Å². The lowest BCUT2D eigenvalue weighted by atomic mass is 10.2. The van der Waals surface area contributed by atoms with Crippen LogP contribution in [-0.2, 0) is 0 Å². The van der Waals surface area contributed by atoms with Crippen LogP contribution in [0.4, 0.5) is 17.2 Å². The third-order valence-electron chi connectivity index (χ3n) is 5.11. The van der Waals surface area contributed by atoms with Crippen molar-refractivity contribution in [2.24, 2.45) is 0 Å². The summed E-state index contributed by atoms with van der Waals surface area (Å²) in [5, 5.41) is 2.83. The maximum Gasteiger partial charge on any atom is 0.260 e. The molecule has 4 rings (SSSR count). The van der Waals surface area contributed by atoms with E-state index in [1.807, 2.05) is 36.5 Å². The summed E-state index contributed by atoms with van der Waals surface area (Å²) in [7, 11) is 1.55. The van der Waals surface area contributed by atoms with Crippen LogP contribution in [0.3, 0.4) is 0 Å². The molecule has 29 heavy (non-hydrogen) atoms. The monoisotopic (exact) mass is 388 g/mol. The van der Waals surface area contributed by atoms with E-state index in [1.165, 1.54) is 5.69 Å². The smallest absolute Gasteiger partial charge is 0.260 e. The molecule has 0 aliphatic carbocycles. The molecule has 1 aliphatic rings. The van der Waals surface area contributed by atoms with Gasteiger partial charge in [0.05, 0.1) is 24.6 Å². The molecule has 1 saturated heterocycles. The molecule has 0 bridgehead atoms. The number of nitrogens with zero attached hydrogens (tertiary/aromatic N) is 3. The van der Waals surface area contributed by atoms with Gasteiger partial charge in [0.15, 0.2) is 0 Å². The second-order valence-electron chi connectivity index (χ2n) is 6.87. The number of piperazine rings is 1. The topological polar surface area (TPSA) is 57.7 Å². The van der Waals surface area contributed by atoms with Gasteiger partial charge in [-0.3, -0.25) is 4.79 Å². The van der Waals surface area contributed by atoms with Gasteiger partial charge >= 0.3 is 0 Å². The third kappa shape index (κ3) is 4.32. The van der Waals surface area contributed by atoms with Gasteiger partial charge in [-0.1, -0.05) is 30.3 Å². The number of carbonyl (C=O) groups is 1. The van der Waals surface area contributed by atoms with Crippen molar-refractivity contribution in [1.82, 2.24) is 4.98 Å². The number of anilines is 3. The molecule has 1 aliphatic heterocycles. The largest absolute Gasteiger partial charge is 0.496 e. The van der Waals surface area contributed by atoms with E-state index >= 15 is 0 Å². The molecule has 0 unspecified atom stereocenters. The Morgan fingerprint density at radius 3 is 2.17 bits per heavy atom. The molecule has 6 nitrogen and oxygen atoms in total. The molecule has 0 spiro atoms. The van der Waals surface area contributed by atoms with Crippen LogP contribution in [-0.4, -0.2) is 44.2 Å². The molecule has 1 fully saturated rings. The quantitative estimate of drug-likeness (QED) is 0.723. The number of amides is 1. The van der Waals surface area contributed by atoms with Gasteiger partial charge < -0.3 is 19.9 Å². The lowest BCUT2D eigenvalue weighted by Gasteiger charge is -2.37. The normalized spacial score (nSPS) is 13.8. The zero-order valence-electron chi connectivity index (χ0n) is 16.4. The van der Waals surface area contributed by atoms with Gasteiger partial charge in [0.1, 0.15) is 11.6 Å². The number of benzene rings is 2. The predicted molar refractivity (Wildman–Crippen MR) is 116 cm³/mol. The van der Waals surface area contributed by atoms with Crippen LogP contribution in [0, 0.1) is 0 Å². The number of carbonyl (C=O) groups excluding carboxylic acids is 1. The fourth-order valence-electron chi connectivity index (χ4n) is 3.52. The van der Waals surface area contributed by atoms with Crippen molar-refractivity contribution < 1.29 is 9.53 Å². The second-order valence-corrected chi connectivity index (χ2v) is 6.87. The van der Waals surface area contributed by atoms with Crippen molar-refractivity contribution in [2.45, 2.75) is 0 Å². The van der Waals surface area contributed by atoms with Gasteiger partial charge in [0.2, 0.25) is 0 Å². The Morgan fingerprint density at radius 1 is 0.862 bits per heavy atom. The standard InChI is InChI=1S/C23H24N4O2/c1-29-21-10-6-5-9-20(21)23(28)25-22-12-11-19(17-24-22)27-15-13-26(14-16-27)18-7-3-2-4-8-18/h2-12,17H,13-16H2,1H3,(H,24,25,28). The van der Waals surface area contributed by atoms with Crippen LogP contribution < -0.4 is 19.9 Å². The number of hydrogen-bond acceptors (Lipinski definition) is 5. The summed E-state index contributed by atoms with van der Waals surface area (Å²) in [5.74, 6) is 0.824. The van der Waals surface area contributed by atoms with Crippen molar-refractivity contribution in [3.8, 4) is 5.75 Å². The van der Waals surface area contributed by atoms with Crippen LogP contribution in [0.5, 0.6) is 5.75 Å². The van der Waals surface area contributed by atoms with Crippen LogP contribution in [0.25, 0.3) is 0 Å². The lowest BCUT2D eigenvalue weighted by molar-refractivity contribution is 0.102. The average Bonchev–Trinajstić information content (AvgIpc) is 2.80. The molecule has 1 N–H and O–H groups in total. The van der Waals surface area contributed by atoms with Crippen molar-refractivity contribution in [2.75, 3.05) is 48.4 Å². The lowest BCUT2D eigenvalue weighted by Crippen LogP contribution is -2.46. The van der Waals surface area contributed by atoms with Crippen LogP contribution in [0.15, 0.2) is 72.9 Å². The van der Waals surface area contributed by atoms with E-state index in [1.54, 1.807) is 19.2 Å². The van der Waals surface area contributed by atoms with Crippen molar-refractivity contribution in [3.05, 3.63) is 78.5 Å². The number of para-hydroxylation sites is 2. The summed E-state index contributed by atoms with van der Waals surface area (Å²) in [6, 6.07) is 21.5. The Labute approximate surface area is 170 Å². The minimum absolute atomic E-state index is 0.237. The number of hydrogen-bond donors (Lipinski definition) is 1. The number of ether oxygens (including phenoxy) is 1. The summed E-state index contributed by atoms with van der Waals surface area (Å²) < 4.78 is 5.25. The van der Waals surface area contributed by atoms with Crippen molar-refractivity contribution in [3.63, 3.8) is 0 Å². The molecule has 0 saturated carbocycles. The zero-order chi connectivity index (χ0) is 20.1. The van der Waals surface area contributed by atoms with Gasteiger partial charge in [-0.2, -0.15) is 0 Å². The molecule has 148 valence electrons. The first-order valence-electron chi connectivity index (χ1n) is 9.70. The van der Waals surface area contributed by atoms with Gasteiger partial charge in [-0.15, -0.1) is 0 Å². The summed E-state index contributed by atoms with van der Waals surface area (Å²) in [4.78, 5) is 21.6. The number of pyridine rings is 1. The van der Waals surface area contributed by atoms with E-state index < -0.39 is 0 Å². The van der Waals surface area contributed by atoms with Crippen LogP contribution >= 0.6 is 0 Å². The fourth-order valence-corrected chi connectivity index (χ4v) is 3.52. The number of nitrogens with one attached hydrogen (secondary N) is 1. The van der Waals surface area contributed by atoms with Gasteiger partial charge in [0, 0.05) is 31.9 Å². The first kappa shape index (κ1) is 18.8. The Morgan fingerprint density at radius 2 is 1.52 bits per heavy atom. The second kappa shape index (κ2) is 8.65. The van der Waals surface area contributed by atoms with Crippen LogP contribution in [0.1, 0.15) is 10.4 Å². The minimum Gasteiger partial charge on any atom is -0.496 e. The maximum absolute atomic E-state index is 12.5. The van der Waals surface area contributed by atoms with Crippen LogP contribution in [0.2, 0.25) is 0 Å². The first-order chi connectivity index (χ1) is 14.2. The SMILES string of the molecule is COc1ccccc1C(=O)Nc1ccc(N2CCN(c3ccccc3)CC2)cn1. The van der Waals surface area contributed by atoms with Crippen molar-refractivity contribution >= 4 is 23.1 Å². The maximum atomic E-state index is 12.5. The van der Waals surface area contributed by atoms with Gasteiger partial charge in [0.25, 0.3) is 5.91 Å². The van der Waals surface area contributed by atoms with E-state index in [2.05, 4.69) is 44.4 Å². The number of methoxy groups -OCH3 is 1. The summed E-state index contributed by atoms with van der Waals surface area (Å²) in [5.41, 5.74) is 2.81. The highest BCUT2D eigenvalue weighted by Gasteiger charge is 2.18. The van der Waals surface area contributed by atoms with E-state index in [-0.39, 0.29) is 5.91 Å². The minimum atomic E-state index is -0.237. The Balaban J connectivity index is 1.37. The Hall–Kier alpha value is -3.54. The summed E-state index contributed by atoms with van der Waals surface area (Å²) >= 11 is 0. The Bertz CT molecular complexity index is 952. The molecule has 2 heterocycles. The molecular weight excluding hydrogens is 364 g/mol. The van der Waals surface area contributed by atoms with E-state index in [0.29, 0.717) is 17.1 Å². The molecule has 6 heteroatoms. The van der Waals surface area contributed by atoms with E-state index in [0.717, 1.165) is 31.9 Å². The number of aromatic nitrogens is 1. The first-order valence-corrected chi connectivity index (χ1v) is 9.70.